The van der Waals surface area contributed by atoms with Crippen molar-refractivity contribution in [3.8, 4) is 11.5 Å². The zero-order chi connectivity index (χ0) is 31.3. The van der Waals surface area contributed by atoms with E-state index in [1.54, 1.807) is 0 Å². The molecule has 0 unspecified atom stereocenters. The quantitative estimate of drug-likeness (QED) is 0.129. The first kappa shape index (κ1) is 31.2. The van der Waals surface area contributed by atoms with Crippen LogP contribution in [0.1, 0.15) is 26.3 Å². The summed E-state index contributed by atoms with van der Waals surface area (Å²) in [6.45, 7) is 8.74. The first-order valence-electron chi connectivity index (χ1n) is 15.2. The summed E-state index contributed by atoms with van der Waals surface area (Å²) in [5.41, 5.74) is 6.27. The molecule has 2 aliphatic heterocycles. The largest absolute Gasteiger partial charge is 0 e. The van der Waals surface area contributed by atoms with E-state index in [2.05, 4.69) is 127 Å². The summed E-state index contributed by atoms with van der Waals surface area (Å²) in [7, 11) is 0. The summed E-state index contributed by atoms with van der Waals surface area (Å²) < 4.78 is 8.88. The molecule has 6 nitrogen and oxygen atoms in total. The van der Waals surface area contributed by atoms with Gasteiger partial charge >= 0.3 is 241 Å². The molecular weight excluding hydrogens is 829 g/mol. The van der Waals surface area contributed by atoms with Gasteiger partial charge in [-0.25, -0.2) is 0 Å². The maximum Gasteiger partial charge on any atom is 0 e. The molecule has 2 aromatic heterocycles. The third-order valence-corrected chi connectivity index (χ3v) is 10.3. The van der Waals surface area contributed by atoms with Crippen LogP contribution in [0.2, 0.25) is 0 Å². The van der Waals surface area contributed by atoms with Gasteiger partial charge in [0.05, 0.1) is 0 Å². The van der Waals surface area contributed by atoms with Crippen LogP contribution < -0.4 is 28.4 Å². The fourth-order valence-electron chi connectivity index (χ4n) is 5.70. The summed E-state index contributed by atoms with van der Waals surface area (Å²) in [4.78, 5) is 16.1. The summed E-state index contributed by atoms with van der Waals surface area (Å²) in [6.07, 6.45) is 3.72. The van der Waals surface area contributed by atoms with Crippen molar-refractivity contribution in [1.29, 1.82) is 0 Å². The molecule has 0 amide bonds. The van der Waals surface area contributed by atoms with E-state index in [0.29, 0.717) is 11.5 Å². The molecule has 0 saturated heterocycles. The van der Waals surface area contributed by atoms with Gasteiger partial charge in [0, 0.05) is 21.1 Å². The second-order valence-electron chi connectivity index (χ2n) is 12.1. The summed E-state index contributed by atoms with van der Waals surface area (Å²) >= 11 is 0.0712. The minimum absolute atomic E-state index is 0. The Morgan fingerprint density at radius 3 is 2.28 bits per heavy atom. The molecule has 47 heavy (non-hydrogen) atoms. The van der Waals surface area contributed by atoms with Crippen LogP contribution in [0, 0.1) is 18.8 Å². The van der Waals surface area contributed by atoms with Crippen LogP contribution in [-0.4, -0.2) is 24.9 Å². The van der Waals surface area contributed by atoms with Crippen molar-refractivity contribution in [2.75, 3.05) is 14.7 Å². The third-order valence-electron chi connectivity index (χ3n) is 8.01. The molecule has 0 fully saturated rings. The van der Waals surface area contributed by atoms with E-state index in [1.807, 2.05) is 48.8 Å². The second-order valence-corrected chi connectivity index (χ2v) is 14.4. The van der Waals surface area contributed by atoms with E-state index in [0.717, 1.165) is 40.1 Å². The van der Waals surface area contributed by atoms with Gasteiger partial charge in [0.15, 0.2) is 0 Å². The van der Waals surface area contributed by atoms with Gasteiger partial charge in [-0.15, -0.1) is 0 Å². The number of aromatic nitrogens is 2. The molecule has 0 aliphatic carbocycles. The van der Waals surface area contributed by atoms with E-state index < -0.39 is 0 Å². The number of rotatable bonds is 5. The van der Waals surface area contributed by atoms with Gasteiger partial charge in [-0.05, 0) is 12.1 Å². The van der Waals surface area contributed by atoms with Crippen LogP contribution in [0.4, 0.5) is 40.1 Å². The maximum absolute atomic E-state index is 6.47. The summed E-state index contributed by atoms with van der Waals surface area (Å²) in [5.74, 6) is 2.92. The molecule has 4 heterocycles. The number of pyridine rings is 2. The van der Waals surface area contributed by atoms with Crippen LogP contribution in [0.5, 0.6) is 11.5 Å². The topological polar surface area (TPSA) is 44.7 Å². The minimum atomic E-state index is -0.0197. The van der Waals surface area contributed by atoms with Crippen molar-refractivity contribution in [2.45, 2.75) is 26.2 Å². The number of fused-ring (bicyclic) bond motifs is 3. The van der Waals surface area contributed by atoms with E-state index in [1.165, 1.54) is 14.5 Å². The van der Waals surface area contributed by atoms with E-state index in [4.69, 9.17) is 14.7 Å². The Labute approximate surface area is 296 Å². The monoisotopic (exact) mass is 859 g/mol. The van der Waals surface area contributed by atoms with Crippen LogP contribution in [0.25, 0.3) is 0 Å². The Hall–Kier alpha value is -4.41. The van der Waals surface area contributed by atoms with E-state index in [-0.39, 0.29) is 41.4 Å². The number of hydrogen-bond acceptors (Lipinski definition) is 6. The smallest absolute Gasteiger partial charge is 0 e. The summed E-state index contributed by atoms with van der Waals surface area (Å²) in [5, 5.41) is 0. The number of para-hydroxylation sites is 3. The number of ether oxygens (including phenoxy) is 1. The SMILES string of the molecule is CC(C)(C)c1ccnc(N2c3[c-]c(Oc4[c-]c(N5[CH-]N(c6ccccc6)c6ccccc65)ccc4)ccc3[Se]c3cccnc32)c1.[Pt]. The van der Waals surface area contributed by atoms with E-state index in [9.17, 15) is 0 Å². The van der Waals surface area contributed by atoms with Gasteiger partial charge in [0.25, 0.3) is 0 Å². The molecule has 0 N–H and O–H groups in total. The van der Waals surface area contributed by atoms with Crippen LogP contribution >= 0.6 is 0 Å². The molecule has 2 aliphatic rings. The molecule has 6 aromatic rings. The fourth-order valence-corrected chi connectivity index (χ4v) is 7.78. The zero-order valence-corrected chi connectivity index (χ0v) is 30.0. The summed E-state index contributed by atoms with van der Waals surface area (Å²) in [6, 6.07) is 44.3. The Morgan fingerprint density at radius 2 is 1.47 bits per heavy atom. The van der Waals surface area contributed by atoms with Crippen molar-refractivity contribution >= 4 is 64.0 Å². The molecule has 0 radical (unpaired) electrons. The first-order chi connectivity index (χ1) is 22.4. The molecule has 0 spiro atoms. The number of anilines is 7. The third kappa shape index (κ3) is 5.96. The second kappa shape index (κ2) is 12.7. The molecular formula is C39H30N5OPtSe-3. The molecule has 0 bridgehead atoms. The van der Waals surface area contributed by atoms with Crippen LogP contribution in [0.15, 0.2) is 122 Å². The van der Waals surface area contributed by atoms with Crippen molar-refractivity contribution in [3.63, 3.8) is 0 Å². The number of nitrogens with zero attached hydrogens (tertiary/aromatic N) is 5. The average Bonchev–Trinajstić information content (AvgIpc) is 3.47. The van der Waals surface area contributed by atoms with Crippen molar-refractivity contribution in [2.24, 2.45) is 0 Å². The van der Waals surface area contributed by atoms with Crippen molar-refractivity contribution in [1.82, 2.24) is 9.97 Å². The Bertz CT molecular complexity index is 2070. The molecule has 8 rings (SSSR count). The average molecular weight is 859 g/mol. The Kier molecular flexibility index (Phi) is 8.40. The predicted octanol–water partition coefficient (Wildman–Crippen LogP) is 8.01. The van der Waals surface area contributed by atoms with Crippen LogP contribution in [0.3, 0.4) is 0 Å². The van der Waals surface area contributed by atoms with Gasteiger partial charge < -0.3 is 0 Å². The standard InChI is InChI=1S/C39H30N5OSe.Pt/c1-39(2,3)27-20-22-40-37(23-27)44-34-25-31(18-19-35(34)46-36-17-10-21-41-38(36)44)45-30-14-9-13-29(24-30)43-26-42(28-11-5-4-6-12-28)32-15-7-8-16-33(32)43;/h4-23,26H,1-3H3;/q-3;. The zero-order valence-electron chi connectivity index (χ0n) is 26.0. The molecule has 236 valence electrons. The van der Waals surface area contributed by atoms with Gasteiger partial charge in [0.2, 0.25) is 0 Å². The fraction of sp³-hybridized carbons (Fsp3) is 0.103. The molecule has 8 heteroatoms. The van der Waals surface area contributed by atoms with Gasteiger partial charge in [-0.1, -0.05) is 24.3 Å². The van der Waals surface area contributed by atoms with Crippen molar-refractivity contribution in [3.05, 3.63) is 146 Å². The van der Waals surface area contributed by atoms with Crippen molar-refractivity contribution < 1.29 is 25.8 Å². The Balaban J connectivity index is 0.00000351. The molecule has 0 saturated carbocycles. The predicted molar refractivity (Wildman–Crippen MR) is 186 cm³/mol. The minimum Gasteiger partial charge on any atom is 0 e. The number of hydrogen-bond donors (Lipinski definition) is 0. The Morgan fingerprint density at radius 1 is 0.702 bits per heavy atom. The number of benzene rings is 4. The van der Waals surface area contributed by atoms with Crippen LogP contribution in [-0.2, 0) is 26.5 Å². The first-order valence-corrected chi connectivity index (χ1v) is 16.9. The maximum atomic E-state index is 6.47. The molecule has 0 atom stereocenters. The van der Waals surface area contributed by atoms with E-state index >= 15 is 0 Å². The van der Waals surface area contributed by atoms with Gasteiger partial charge in [-0.3, -0.25) is 0 Å². The van der Waals surface area contributed by atoms with Gasteiger partial charge in [-0.2, -0.15) is 0 Å². The van der Waals surface area contributed by atoms with Gasteiger partial charge in [0.1, 0.15) is 0 Å². The molecule has 4 aromatic carbocycles. The normalized spacial score (nSPS) is 13.4.